The Bertz CT molecular complexity index is 1260. The molecule has 4 aromatic rings. The maximum atomic E-state index is 10.8. The van der Waals surface area contributed by atoms with Gasteiger partial charge in [-0.05, 0) is 72.3 Å². The molecule has 0 amide bonds. The number of carboxylic acids is 1. The quantitative estimate of drug-likeness (QED) is 0.445. The molecule has 6 nitrogen and oxygen atoms in total. The van der Waals surface area contributed by atoms with Crippen molar-refractivity contribution in [3.63, 3.8) is 0 Å². The normalized spacial score (nSPS) is 11.0. The summed E-state index contributed by atoms with van der Waals surface area (Å²) in [7, 11) is 3.25. The summed E-state index contributed by atoms with van der Waals surface area (Å²) in [6.45, 7) is 0. The fraction of sp³-hybridized carbons (Fsp3) is 0.0800. The van der Waals surface area contributed by atoms with Crippen LogP contribution in [0.3, 0.4) is 0 Å². The Hall–Kier alpha value is -4.19. The molecule has 0 unspecified atom stereocenters. The van der Waals surface area contributed by atoms with Crippen LogP contribution in [0.4, 0.5) is 0 Å². The van der Waals surface area contributed by atoms with E-state index in [1.807, 2.05) is 66.7 Å². The van der Waals surface area contributed by atoms with Crippen LogP contribution in [0.5, 0.6) is 11.5 Å². The Labute approximate surface area is 179 Å². The second kappa shape index (κ2) is 8.67. The van der Waals surface area contributed by atoms with E-state index in [2.05, 4.69) is 0 Å². The molecular weight excluding hydrogens is 392 g/mol. The first-order chi connectivity index (χ1) is 15.1. The van der Waals surface area contributed by atoms with E-state index in [0.29, 0.717) is 5.52 Å². The molecule has 6 heteroatoms. The Kier molecular flexibility index (Phi) is 5.62. The van der Waals surface area contributed by atoms with Crippen LogP contribution in [0.25, 0.3) is 39.6 Å². The maximum absolute atomic E-state index is 10.8. The number of ether oxygens (including phenoxy) is 2. The SMILES string of the molecule is COc1ccc(-c2nc3ccc(/C=C/C(=O)O)cc3nc2-c2ccc(OC)cc2)cc1. The minimum Gasteiger partial charge on any atom is -0.497 e. The standard InChI is InChI=1S/C25H20N2O4/c1-30-19-9-5-17(6-10-19)24-25(18-7-11-20(31-2)12-8-18)27-22-15-16(4-14-23(28)29)3-13-21(22)26-24/h3-15H,1-2H3,(H,28,29)/b14-4+. The van der Waals surface area contributed by atoms with E-state index in [0.717, 1.165) is 51.2 Å². The number of carbonyl (C=O) groups is 1. The van der Waals surface area contributed by atoms with Gasteiger partial charge >= 0.3 is 5.97 Å². The highest BCUT2D eigenvalue weighted by Gasteiger charge is 2.14. The van der Waals surface area contributed by atoms with E-state index in [1.165, 1.54) is 6.08 Å². The van der Waals surface area contributed by atoms with Crippen LogP contribution in [-0.4, -0.2) is 35.3 Å². The largest absolute Gasteiger partial charge is 0.497 e. The van der Waals surface area contributed by atoms with Gasteiger partial charge in [0.1, 0.15) is 11.5 Å². The van der Waals surface area contributed by atoms with Gasteiger partial charge in [-0.15, -0.1) is 0 Å². The van der Waals surface area contributed by atoms with Crippen molar-refractivity contribution in [3.8, 4) is 34.0 Å². The van der Waals surface area contributed by atoms with Gasteiger partial charge in [0.2, 0.25) is 0 Å². The number of nitrogens with zero attached hydrogens (tertiary/aromatic N) is 2. The molecule has 0 saturated carbocycles. The highest BCUT2D eigenvalue weighted by Crippen LogP contribution is 2.33. The zero-order valence-corrected chi connectivity index (χ0v) is 17.1. The van der Waals surface area contributed by atoms with Gasteiger partial charge in [0.15, 0.2) is 0 Å². The third-order valence-electron chi connectivity index (χ3n) is 4.83. The monoisotopic (exact) mass is 412 g/mol. The number of aromatic nitrogens is 2. The lowest BCUT2D eigenvalue weighted by Crippen LogP contribution is -1.96. The van der Waals surface area contributed by atoms with Crippen molar-refractivity contribution >= 4 is 23.1 Å². The molecule has 0 spiro atoms. The molecule has 0 aliphatic rings. The highest BCUT2D eigenvalue weighted by atomic mass is 16.5. The Balaban J connectivity index is 1.90. The predicted octanol–water partition coefficient (Wildman–Crippen LogP) is 5.08. The second-order valence-electron chi connectivity index (χ2n) is 6.80. The number of hydrogen-bond acceptors (Lipinski definition) is 5. The Morgan fingerprint density at radius 3 is 1.77 bits per heavy atom. The van der Waals surface area contributed by atoms with Crippen LogP contribution in [0, 0.1) is 0 Å². The molecule has 0 radical (unpaired) electrons. The molecule has 4 rings (SSSR count). The van der Waals surface area contributed by atoms with Crippen LogP contribution in [0.2, 0.25) is 0 Å². The number of aliphatic carboxylic acids is 1. The van der Waals surface area contributed by atoms with Gasteiger partial charge in [0, 0.05) is 17.2 Å². The summed E-state index contributed by atoms with van der Waals surface area (Å²) in [6, 6.07) is 20.8. The van der Waals surface area contributed by atoms with Crippen molar-refractivity contribution < 1.29 is 19.4 Å². The summed E-state index contributed by atoms with van der Waals surface area (Å²) in [4.78, 5) is 20.6. The smallest absolute Gasteiger partial charge is 0.328 e. The number of carboxylic acid groups (broad SMARTS) is 1. The average molecular weight is 412 g/mol. The number of benzene rings is 3. The lowest BCUT2D eigenvalue weighted by Gasteiger charge is -2.12. The number of rotatable bonds is 6. The van der Waals surface area contributed by atoms with Crippen LogP contribution < -0.4 is 9.47 Å². The van der Waals surface area contributed by atoms with E-state index < -0.39 is 5.97 Å². The molecule has 1 heterocycles. The minimum absolute atomic E-state index is 0.676. The van der Waals surface area contributed by atoms with Crippen molar-refractivity contribution in [2.45, 2.75) is 0 Å². The summed E-state index contributed by atoms with van der Waals surface area (Å²) < 4.78 is 10.5. The molecular formula is C25H20N2O4. The first kappa shape index (κ1) is 20.1. The lowest BCUT2D eigenvalue weighted by molar-refractivity contribution is -0.131. The molecule has 1 aromatic heterocycles. The third-order valence-corrected chi connectivity index (χ3v) is 4.83. The lowest BCUT2D eigenvalue weighted by atomic mass is 10.0. The maximum Gasteiger partial charge on any atom is 0.328 e. The summed E-state index contributed by atoms with van der Waals surface area (Å²) in [6.07, 6.45) is 2.64. The van der Waals surface area contributed by atoms with Gasteiger partial charge in [-0.2, -0.15) is 0 Å². The van der Waals surface area contributed by atoms with E-state index in [4.69, 9.17) is 24.5 Å². The molecule has 0 saturated heterocycles. The fourth-order valence-electron chi connectivity index (χ4n) is 3.24. The molecule has 0 fully saturated rings. The summed E-state index contributed by atoms with van der Waals surface area (Å²) >= 11 is 0. The summed E-state index contributed by atoms with van der Waals surface area (Å²) in [5.41, 5.74) is 5.41. The summed E-state index contributed by atoms with van der Waals surface area (Å²) in [5, 5.41) is 8.89. The second-order valence-corrected chi connectivity index (χ2v) is 6.80. The van der Waals surface area contributed by atoms with Crippen LogP contribution in [0.15, 0.2) is 72.8 Å². The van der Waals surface area contributed by atoms with Crippen molar-refractivity contribution in [1.29, 1.82) is 0 Å². The highest BCUT2D eigenvalue weighted by molar-refractivity contribution is 5.89. The molecule has 1 N–H and O–H groups in total. The Morgan fingerprint density at radius 1 is 0.774 bits per heavy atom. The van der Waals surface area contributed by atoms with Gasteiger partial charge in [-0.3, -0.25) is 0 Å². The number of fused-ring (bicyclic) bond motifs is 1. The molecule has 31 heavy (non-hydrogen) atoms. The van der Waals surface area contributed by atoms with Gasteiger partial charge < -0.3 is 14.6 Å². The van der Waals surface area contributed by atoms with E-state index in [1.54, 1.807) is 14.2 Å². The Morgan fingerprint density at radius 2 is 1.29 bits per heavy atom. The van der Waals surface area contributed by atoms with Gasteiger partial charge in [-0.1, -0.05) is 6.07 Å². The average Bonchev–Trinajstić information content (AvgIpc) is 2.82. The summed E-state index contributed by atoms with van der Waals surface area (Å²) in [5.74, 6) is 0.517. The molecule has 154 valence electrons. The van der Waals surface area contributed by atoms with Gasteiger partial charge in [-0.25, -0.2) is 14.8 Å². The fourth-order valence-corrected chi connectivity index (χ4v) is 3.24. The molecule has 0 aliphatic carbocycles. The molecule has 0 atom stereocenters. The zero-order valence-electron chi connectivity index (χ0n) is 17.1. The van der Waals surface area contributed by atoms with Gasteiger partial charge in [0.25, 0.3) is 0 Å². The van der Waals surface area contributed by atoms with Gasteiger partial charge in [0.05, 0.1) is 36.6 Å². The topological polar surface area (TPSA) is 81.5 Å². The van der Waals surface area contributed by atoms with E-state index in [9.17, 15) is 4.79 Å². The first-order valence-electron chi connectivity index (χ1n) is 9.59. The molecule has 0 aliphatic heterocycles. The predicted molar refractivity (Wildman–Crippen MR) is 120 cm³/mol. The van der Waals surface area contributed by atoms with Crippen LogP contribution >= 0.6 is 0 Å². The number of hydrogen-bond donors (Lipinski definition) is 1. The van der Waals surface area contributed by atoms with E-state index in [-0.39, 0.29) is 0 Å². The van der Waals surface area contributed by atoms with Crippen molar-refractivity contribution in [2.75, 3.05) is 14.2 Å². The van der Waals surface area contributed by atoms with Crippen molar-refractivity contribution in [3.05, 3.63) is 78.4 Å². The first-order valence-corrected chi connectivity index (χ1v) is 9.59. The van der Waals surface area contributed by atoms with Crippen LogP contribution in [-0.2, 0) is 4.79 Å². The molecule has 0 bridgehead atoms. The number of methoxy groups -OCH3 is 2. The third kappa shape index (κ3) is 4.38. The van der Waals surface area contributed by atoms with E-state index >= 15 is 0 Å². The zero-order chi connectivity index (χ0) is 21.8. The minimum atomic E-state index is -1.00. The van der Waals surface area contributed by atoms with Crippen LogP contribution in [0.1, 0.15) is 5.56 Å². The van der Waals surface area contributed by atoms with Crippen molar-refractivity contribution in [1.82, 2.24) is 9.97 Å². The van der Waals surface area contributed by atoms with Crippen molar-refractivity contribution in [2.24, 2.45) is 0 Å². The molecule has 3 aromatic carbocycles.